The summed E-state index contributed by atoms with van der Waals surface area (Å²) in [5.41, 5.74) is 6.96. The zero-order valence-electron chi connectivity index (χ0n) is 33.8. The Hall–Kier alpha value is -5.05. The molecule has 9 rings (SSSR count). The number of aromatic nitrogens is 4. The van der Waals surface area contributed by atoms with Crippen LogP contribution in [0.15, 0.2) is 42.5 Å². The first-order valence-electron chi connectivity index (χ1n) is 21.0. The van der Waals surface area contributed by atoms with E-state index < -0.39 is 11.4 Å². The molecule has 2 aromatic carbocycles. The highest BCUT2D eigenvalue weighted by Crippen LogP contribution is 2.63. The Bertz CT molecular complexity index is 2340. The molecule has 2 fully saturated rings. The first-order valence-corrected chi connectivity index (χ1v) is 21.4. The van der Waals surface area contributed by atoms with Crippen molar-refractivity contribution in [3.63, 3.8) is 0 Å². The number of anilines is 2. The summed E-state index contributed by atoms with van der Waals surface area (Å²) < 4.78 is 3.82. The zero-order valence-corrected chi connectivity index (χ0v) is 34.5. The van der Waals surface area contributed by atoms with Gasteiger partial charge in [-0.2, -0.15) is 5.10 Å². The summed E-state index contributed by atoms with van der Waals surface area (Å²) in [6.45, 7) is 6.35. The van der Waals surface area contributed by atoms with Crippen molar-refractivity contribution in [3.8, 4) is 11.1 Å². The number of halogens is 1. The molecule has 2 bridgehead atoms. The van der Waals surface area contributed by atoms with Gasteiger partial charge in [-0.15, -0.1) is 0 Å². The third kappa shape index (κ3) is 7.22. The zero-order chi connectivity index (χ0) is 41.1. The second-order valence-corrected chi connectivity index (χ2v) is 17.7. The van der Waals surface area contributed by atoms with E-state index in [4.69, 9.17) is 21.7 Å². The van der Waals surface area contributed by atoms with Crippen LogP contribution in [0.2, 0.25) is 5.02 Å². The Morgan fingerprint density at radius 2 is 1.78 bits per heavy atom. The second kappa shape index (κ2) is 15.5. The summed E-state index contributed by atoms with van der Waals surface area (Å²) in [4.78, 5) is 60.2. The molecule has 4 aromatic rings. The van der Waals surface area contributed by atoms with Crippen LogP contribution in [0.4, 0.5) is 11.4 Å². The molecule has 4 N–H and O–H groups in total. The van der Waals surface area contributed by atoms with Crippen LogP contribution in [0.5, 0.6) is 0 Å². The molecule has 2 saturated carbocycles. The quantitative estimate of drug-likeness (QED) is 0.131. The standard InChI is InChI=1S/C44H52ClN9O5/c1-27(55)46-18-19-47-31-9-5-20-54-37(31)24-33(50-54)41(57)53-22-11-29-28(6-4-10-35(29)53)30-7-3-8-32(38(30)45)49-40(56)39-48-34-25-52(21-12-36(34)51(39)2)23-17-43-13-15-44(26-43,16-14-43)42(58)59/h3-4,6-8,10,24,31,47H,5,9,11-23,25-26H2,1-2H3,(H,46,55)(H,49,56)(H,58,59). The summed E-state index contributed by atoms with van der Waals surface area (Å²) >= 11 is 7.10. The lowest BCUT2D eigenvalue weighted by Crippen LogP contribution is -2.34. The Morgan fingerprint density at radius 1 is 0.983 bits per heavy atom. The normalized spacial score (nSPS) is 23.2. The Kier molecular flexibility index (Phi) is 10.4. The average Bonchev–Trinajstić information content (AvgIpc) is 4.07. The van der Waals surface area contributed by atoms with Gasteiger partial charge in [-0.3, -0.25) is 28.8 Å². The Balaban J connectivity index is 0.871. The number of imidazole rings is 1. The molecule has 310 valence electrons. The van der Waals surface area contributed by atoms with E-state index in [9.17, 15) is 24.3 Å². The smallest absolute Gasteiger partial charge is 0.309 e. The highest BCUT2D eigenvalue weighted by Gasteiger charge is 2.57. The monoisotopic (exact) mass is 821 g/mol. The summed E-state index contributed by atoms with van der Waals surface area (Å²) in [5, 5.41) is 24.3. The van der Waals surface area contributed by atoms with E-state index in [1.54, 1.807) is 11.0 Å². The number of hydrogen-bond donors (Lipinski definition) is 4. The fourth-order valence-corrected chi connectivity index (χ4v) is 10.9. The van der Waals surface area contributed by atoms with Gasteiger partial charge in [-0.1, -0.05) is 35.9 Å². The van der Waals surface area contributed by atoms with Crippen LogP contribution in [-0.4, -0.2) is 85.8 Å². The van der Waals surface area contributed by atoms with Crippen molar-refractivity contribution in [1.82, 2.24) is 34.9 Å². The minimum atomic E-state index is -0.624. The average molecular weight is 822 g/mol. The Morgan fingerprint density at radius 3 is 2.56 bits per heavy atom. The van der Waals surface area contributed by atoms with Gasteiger partial charge in [0.2, 0.25) is 5.91 Å². The number of nitrogens with zero attached hydrogens (tertiary/aromatic N) is 6. The molecule has 2 aromatic heterocycles. The van der Waals surface area contributed by atoms with Crippen LogP contribution in [0.25, 0.3) is 11.1 Å². The van der Waals surface area contributed by atoms with E-state index in [1.807, 2.05) is 52.7 Å². The van der Waals surface area contributed by atoms with Gasteiger partial charge >= 0.3 is 5.97 Å². The molecular weight excluding hydrogens is 770 g/mol. The minimum Gasteiger partial charge on any atom is -0.481 e. The SMILES string of the molecule is CC(=O)NCCNC1CCCn2nc(C(=O)N3CCc4c(-c5cccc(NC(=O)c6nc7c(n6C)CCN(CCC68CCC(C(=O)O)(CC6)C8)C7)c5Cl)cccc43)cc21. The molecular formula is C44H52ClN9O5. The third-order valence-electron chi connectivity index (χ3n) is 13.9. The topological polar surface area (TPSA) is 167 Å². The van der Waals surface area contributed by atoms with Gasteiger partial charge in [0, 0.05) is 82.6 Å². The van der Waals surface area contributed by atoms with Crippen LogP contribution in [-0.2, 0) is 42.6 Å². The molecule has 3 amide bonds. The molecule has 5 heterocycles. The second-order valence-electron chi connectivity index (χ2n) is 17.4. The fourth-order valence-electron chi connectivity index (χ4n) is 10.7. The number of carboxylic acids is 1. The summed E-state index contributed by atoms with van der Waals surface area (Å²) in [7, 11) is 1.89. The maximum Gasteiger partial charge on any atom is 0.309 e. The summed E-state index contributed by atoms with van der Waals surface area (Å²) in [6, 6.07) is 13.5. The van der Waals surface area contributed by atoms with E-state index in [-0.39, 0.29) is 29.2 Å². The van der Waals surface area contributed by atoms with Crippen molar-refractivity contribution in [2.75, 3.05) is 42.9 Å². The molecule has 0 radical (unpaired) electrons. The van der Waals surface area contributed by atoms with Gasteiger partial charge < -0.3 is 30.5 Å². The number of fused-ring (bicyclic) bond motifs is 5. The first kappa shape index (κ1) is 39.4. The van der Waals surface area contributed by atoms with E-state index in [2.05, 4.69) is 20.9 Å². The number of nitrogens with one attached hydrogen (secondary N) is 3. The van der Waals surface area contributed by atoms with E-state index in [0.717, 1.165) is 117 Å². The number of amides is 3. The van der Waals surface area contributed by atoms with E-state index in [0.29, 0.717) is 54.8 Å². The van der Waals surface area contributed by atoms with Crippen LogP contribution in [0, 0.1) is 10.8 Å². The molecule has 3 aliphatic heterocycles. The predicted octanol–water partition coefficient (Wildman–Crippen LogP) is 5.74. The van der Waals surface area contributed by atoms with Crippen molar-refractivity contribution in [1.29, 1.82) is 0 Å². The largest absolute Gasteiger partial charge is 0.481 e. The number of aryl methyl sites for hydroxylation is 1. The van der Waals surface area contributed by atoms with E-state index >= 15 is 0 Å². The number of hydrogen-bond acceptors (Lipinski definition) is 8. The lowest BCUT2D eigenvalue weighted by Gasteiger charge is -2.32. The molecule has 2 aliphatic carbocycles. The highest BCUT2D eigenvalue weighted by atomic mass is 35.5. The van der Waals surface area contributed by atoms with Crippen LogP contribution < -0.4 is 20.9 Å². The van der Waals surface area contributed by atoms with Gasteiger partial charge in [0.05, 0.1) is 27.5 Å². The maximum atomic E-state index is 14.0. The molecule has 15 heteroatoms. The molecule has 14 nitrogen and oxygen atoms in total. The molecule has 0 spiro atoms. The molecule has 0 saturated heterocycles. The molecule has 5 aliphatic rings. The van der Waals surface area contributed by atoms with Crippen molar-refractivity contribution in [2.45, 2.75) is 90.3 Å². The van der Waals surface area contributed by atoms with Gasteiger partial charge in [0.25, 0.3) is 11.8 Å². The van der Waals surface area contributed by atoms with Gasteiger partial charge in [0.1, 0.15) is 0 Å². The van der Waals surface area contributed by atoms with E-state index in [1.165, 1.54) is 6.92 Å². The lowest BCUT2D eigenvalue weighted by atomic mass is 9.80. The van der Waals surface area contributed by atoms with Crippen LogP contribution >= 0.6 is 11.6 Å². The van der Waals surface area contributed by atoms with Crippen molar-refractivity contribution >= 4 is 46.7 Å². The number of benzene rings is 2. The van der Waals surface area contributed by atoms with Crippen molar-refractivity contribution in [2.24, 2.45) is 17.9 Å². The molecule has 1 atom stereocenters. The van der Waals surface area contributed by atoms with Crippen LogP contribution in [0.1, 0.15) is 108 Å². The van der Waals surface area contributed by atoms with Crippen LogP contribution in [0.3, 0.4) is 0 Å². The van der Waals surface area contributed by atoms with Gasteiger partial charge in [-0.25, -0.2) is 4.98 Å². The van der Waals surface area contributed by atoms with Gasteiger partial charge in [0.15, 0.2) is 11.5 Å². The number of carbonyl (C=O) groups excluding carboxylic acids is 3. The third-order valence-corrected chi connectivity index (χ3v) is 14.3. The summed E-state index contributed by atoms with van der Waals surface area (Å²) in [5.74, 6) is -0.842. The first-order chi connectivity index (χ1) is 28.4. The highest BCUT2D eigenvalue weighted by molar-refractivity contribution is 6.36. The lowest BCUT2D eigenvalue weighted by molar-refractivity contribution is -0.148. The molecule has 1 unspecified atom stereocenters. The van der Waals surface area contributed by atoms with Crippen molar-refractivity contribution in [3.05, 3.63) is 81.7 Å². The molecule has 59 heavy (non-hydrogen) atoms. The summed E-state index contributed by atoms with van der Waals surface area (Å²) in [6.07, 6.45) is 8.69. The minimum absolute atomic E-state index is 0.0518. The Labute approximate surface area is 348 Å². The van der Waals surface area contributed by atoms with Gasteiger partial charge in [-0.05, 0) is 99.1 Å². The number of carbonyl (C=O) groups is 4. The number of carboxylic acid groups (broad SMARTS) is 1. The number of aliphatic carboxylic acids is 1. The maximum absolute atomic E-state index is 14.0. The fraction of sp³-hybridized carbons (Fsp3) is 0.500. The van der Waals surface area contributed by atoms with Crippen molar-refractivity contribution < 1.29 is 24.3 Å². The predicted molar refractivity (Wildman–Crippen MR) is 224 cm³/mol. The number of rotatable bonds is 12.